The van der Waals surface area contributed by atoms with Crippen LogP contribution < -0.4 is 24.8 Å². The summed E-state index contributed by atoms with van der Waals surface area (Å²) < 4.78 is 40.9. The van der Waals surface area contributed by atoms with E-state index in [4.69, 9.17) is 9.47 Å². The summed E-state index contributed by atoms with van der Waals surface area (Å²) >= 11 is 0. The number of fused-ring (bicyclic) bond motifs is 1. The predicted molar refractivity (Wildman–Crippen MR) is 120 cm³/mol. The van der Waals surface area contributed by atoms with Gasteiger partial charge >= 0.3 is 6.61 Å². The van der Waals surface area contributed by atoms with Gasteiger partial charge in [0, 0.05) is 37.3 Å². The Bertz CT molecular complexity index is 749. The van der Waals surface area contributed by atoms with Crippen molar-refractivity contribution in [1.29, 1.82) is 0 Å². The van der Waals surface area contributed by atoms with Crippen molar-refractivity contribution in [2.45, 2.75) is 45.4 Å². The number of nitrogens with one attached hydrogen (secondary N) is 2. The number of hydrogen-bond donors (Lipinski definition) is 2. The average molecular weight is 538 g/mol. The van der Waals surface area contributed by atoms with E-state index in [2.05, 4.69) is 25.3 Å². The molecule has 4 rings (SSSR count). The van der Waals surface area contributed by atoms with Crippen molar-refractivity contribution in [1.82, 2.24) is 15.5 Å². The first-order valence-electron chi connectivity index (χ1n) is 10.3. The Morgan fingerprint density at radius 1 is 1.23 bits per heavy atom. The first kappa shape index (κ1) is 23.1. The highest BCUT2D eigenvalue weighted by atomic mass is 127. The standard InChI is InChI=1S/C20H28F2N4O3.HI/c1-2-23-20(24-9-13-5-6-26(11-13)15-3-4-15)25-10-14-7-17-18(28-12-27-17)8-16(14)29-19(21)22;/h7-8,13,15,19H,2-6,9-12H2,1H3,(H2,23,24,25);1H. The zero-order valence-electron chi connectivity index (χ0n) is 17.0. The van der Waals surface area contributed by atoms with Gasteiger partial charge in [0.15, 0.2) is 17.5 Å². The highest BCUT2D eigenvalue weighted by Gasteiger charge is 2.34. The number of ether oxygens (including phenoxy) is 3. The zero-order chi connectivity index (χ0) is 20.2. The molecule has 1 aromatic carbocycles. The largest absolute Gasteiger partial charge is 0.454 e. The molecule has 2 heterocycles. The fraction of sp³-hybridized carbons (Fsp3) is 0.650. The van der Waals surface area contributed by atoms with Crippen molar-refractivity contribution in [3.63, 3.8) is 0 Å². The molecule has 1 saturated heterocycles. The van der Waals surface area contributed by atoms with Gasteiger partial charge in [0.2, 0.25) is 6.79 Å². The molecule has 1 aromatic rings. The van der Waals surface area contributed by atoms with Crippen molar-refractivity contribution in [2.75, 3.05) is 33.0 Å². The first-order chi connectivity index (χ1) is 14.1. The van der Waals surface area contributed by atoms with Crippen LogP contribution in [0.25, 0.3) is 0 Å². The molecule has 3 aliphatic rings. The summed E-state index contributed by atoms with van der Waals surface area (Å²) in [5.41, 5.74) is 0.521. The first-order valence-corrected chi connectivity index (χ1v) is 10.3. The van der Waals surface area contributed by atoms with E-state index in [1.165, 1.54) is 31.9 Å². The van der Waals surface area contributed by atoms with Gasteiger partial charge in [-0.05, 0) is 44.7 Å². The molecule has 0 spiro atoms. The molecule has 1 unspecified atom stereocenters. The summed E-state index contributed by atoms with van der Waals surface area (Å²) in [6.45, 7) is 3.20. The maximum atomic E-state index is 12.8. The monoisotopic (exact) mass is 538 g/mol. The van der Waals surface area contributed by atoms with Crippen LogP contribution in [0.2, 0.25) is 0 Å². The van der Waals surface area contributed by atoms with E-state index in [1.54, 1.807) is 6.07 Å². The molecular formula is C20H29F2IN4O3. The lowest BCUT2D eigenvalue weighted by Crippen LogP contribution is -2.40. The van der Waals surface area contributed by atoms with Gasteiger partial charge in [0.1, 0.15) is 5.75 Å². The molecule has 7 nitrogen and oxygen atoms in total. The van der Waals surface area contributed by atoms with Crippen molar-refractivity contribution in [2.24, 2.45) is 10.9 Å². The second-order valence-electron chi connectivity index (χ2n) is 7.65. The normalized spacial score (nSPS) is 20.9. The van der Waals surface area contributed by atoms with Crippen LogP contribution >= 0.6 is 24.0 Å². The maximum absolute atomic E-state index is 12.8. The smallest absolute Gasteiger partial charge is 0.387 e. The van der Waals surface area contributed by atoms with Crippen molar-refractivity contribution >= 4 is 29.9 Å². The summed E-state index contributed by atoms with van der Waals surface area (Å²) in [6, 6.07) is 3.89. The fourth-order valence-electron chi connectivity index (χ4n) is 3.84. The highest BCUT2D eigenvalue weighted by molar-refractivity contribution is 14.0. The Hall–Kier alpha value is -1.56. The van der Waals surface area contributed by atoms with Crippen LogP contribution in [0.5, 0.6) is 17.2 Å². The summed E-state index contributed by atoms with van der Waals surface area (Å²) in [4.78, 5) is 7.14. The van der Waals surface area contributed by atoms with Crippen LogP contribution in [0.1, 0.15) is 31.7 Å². The van der Waals surface area contributed by atoms with Crippen LogP contribution in [0.4, 0.5) is 8.78 Å². The fourth-order valence-corrected chi connectivity index (χ4v) is 3.84. The van der Waals surface area contributed by atoms with Crippen LogP contribution in [0.15, 0.2) is 17.1 Å². The van der Waals surface area contributed by atoms with Crippen molar-refractivity contribution < 1.29 is 23.0 Å². The third kappa shape index (κ3) is 5.99. The lowest BCUT2D eigenvalue weighted by molar-refractivity contribution is -0.0505. The SMILES string of the molecule is CCNC(=NCc1cc2c(cc1OC(F)F)OCO2)NCC1CCN(C2CC2)C1.I. The minimum Gasteiger partial charge on any atom is -0.454 e. The minimum atomic E-state index is -2.92. The number of aliphatic imine (C=N–C) groups is 1. The number of hydrogen-bond acceptors (Lipinski definition) is 5. The average Bonchev–Trinajstić information content (AvgIpc) is 3.26. The minimum absolute atomic E-state index is 0. The Kier molecular flexibility index (Phi) is 8.20. The number of benzene rings is 1. The topological polar surface area (TPSA) is 67.4 Å². The number of nitrogens with zero attached hydrogens (tertiary/aromatic N) is 2. The molecule has 168 valence electrons. The molecular weight excluding hydrogens is 509 g/mol. The van der Waals surface area contributed by atoms with Crippen LogP contribution in [0.3, 0.4) is 0 Å². The van der Waals surface area contributed by atoms with Gasteiger partial charge in [-0.3, -0.25) is 0 Å². The predicted octanol–water partition coefficient (Wildman–Crippen LogP) is 3.17. The van der Waals surface area contributed by atoms with E-state index in [1.807, 2.05) is 6.92 Å². The van der Waals surface area contributed by atoms with Gasteiger partial charge in [-0.25, -0.2) is 4.99 Å². The van der Waals surface area contributed by atoms with Crippen LogP contribution in [-0.2, 0) is 6.54 Å². The van der Waals surface area contributed by atoms with E-state index < -0.39 is 6.61 Å². The highest BCUT2D eigenvalue weighted by Crippen LogP contribution is 2.39. The van der Waals surface area contributed by atoms with Crippen molar-refractivity contribution in [3.8, 4) is 17.2 Å². The summed E-state index contributed by atoms with van der Waals surface area (Å²) in [5.74, 6) is 2.24. The summed E-state index contributed by atoms with van der Waals surface area (Å²) in [7, 11) is 0. The van der Waals surface area contributed by atoms with Crippen LogP contribution in [-0.4, -0.2) is 56.5 Å². The lowest BCUT2D eigenvalue weighted by atomic mass is 10.1. The number of alkyl halides is 2. The van der Waals surface area contributed by atoms with Crippen molar-refractivity contribution in [3.05, 3.63) is 17.7 Å². The molecule has 1 saturated carbocycles. The zero-order valence-corrected chi connectivity index (χ0v) is 19.4. The Morgan fingerprint density at radius 3 is 2.70 bits per heavy atom. The van der Waals surface area contributed by atoms with Gasteiger partial charge in [0.25, 0.3) is 0 Å². The van der Waals surface area contributed by atoms with E-state index in [0.29, 0.717) is 35.5 Å². The number of rotatable bonds is 8. The number of halogens is 3. The molecule has 2 aliphatic heterocycles. The van der Waals surface area contributed by atoms with E-state index >= 15 is 0 Å². The molecule has 10 heteroatoms. The third-order valence-electron chi connectivity index (χ3n) is 5.46. The van der Waals surface area contributed by atoms with Crippen LogP contribution in [0, 0.1) is 5.92 Å². The van der Waals surface area contributed by atoms with Gasteiger partial charge in [-0.15, -0.1) is 24.0 Å². The molecule has 0 bridgehead atoms. The van der Waals surface area contributed by atoms with E-state index in [0.717, 1.165) is 19.1 Å². The maximum Gasteiger partial charge on any atom is 0.387 e. The van der Waals surface area contributed by atoms with E-state index in [-0.39, 0.29) is 43.1 Å². The summed E-state index contributed by atoms with van der Waals surface area (Å²) in [5, 5.41) is 6.61. The lowest BCUT2D eigenvalue weighted by Gasteiger charge is -2.17. The Labute approximate surface area is 192 Å². The molecule has 0 radical (unpaired) electrons. The second-order valence-corrected chi connectivity index (χ2v) is 7.65. The molecule has 0 amide bonds. The Balaban J connectivity index is 0.00000256. The molecule has 1 aliphatic carbocycles. The molecule has 2 N–H and O–H groups in total. The summed E-state index contributed by atoms with van der Waals surface area (Å²) in [6.07, 6.45) is 3.86. The van der Waals surface area contributed by atoms with Gasteiger partial charge in [-0.2, -0.15) is 8.78 Å². The van der Waals surface area contributed by atoms with Gasteiger partial charge in [0.05, 0.1) is 6.54 Å². The van der Waals surface area contributed by atoms with E-state index in [9.17, 15) is 8.78 Å². The molecule has 1 atom stereocenters. The molecule has 0 aromatic heterocycles. The molecule has 2 fully saturated rings. The third-order valence-corrected chi connectivity index (χ3v) is 5.46. The van der Waals surface area contributed by atoms with Gasteiger partial charge < -0.3 is 29.7 Å². The number of guanidine groups is 1. The molecule has 30 heavy (non-hydrogen) atoms. The van der Waals surface area contributed by atoms with Gasteiger partial charge in [-0.1, -0.05) is 0 Å². The number of likely N-dealkylation sites (tertiary alicyclic amines) is 1. The second kappa shape index (κ2) is 10.7. The quantitative estimate of drug-likeness (QED) is 0.301. The Morgan fingerprint density at radius 2 is 2.00 bits per heavy atom.